The van der Waals surface area contributed by atoms with Crippen LogP contribution in [0.1, 0.15) is 24.8 Å². The molecule has 1 aromatic rings. The minimum atomic E-state index is 0.465. The molecule has 0 spiro atoms. The number of halogens is 2. The van der Waals surface area contributed by atoms with Gasteiger partial charge in [0.05, 0.1) is 11.6 Å². The molecule has 1 saturated carbocycles. The zero-order chi connectivity index (χ0) is 14.6. The van der Waals surface area contributed by atoms with Crippen LogP contribution in [0.4, 0.5) is 0 Å². The quantitative estimate of drug-likeness (QED) is 0.704. The molecular formula is C15H21Br2NO2. The summed E-state index contributed by atoms with van der Waals surface area (Å²) in [5, 5.41) is 3.57. The lowest BCUT2D eigenvalue weighted by Crippen LogP contribution is -2.24. The largest absolute Gasteiger partial charge is 0.495 e. The summed E-state index contributed by atoms with van der Waals surface area (Å²) in [5.74, 6) is 0.905. The first kappa shape index (κ1) is 16.3. The molecule has 0 unspecified atom stereocenters. The van der Waals surface area contributed by atoms with E-state index >= 15 is 0 Å². The molecule has 0 aromatic heterocycles. The topological polar surface area (TPSA) is 30.5 Å². The van der Waals surface area contributed by atoms with Crippen molar-refractivity contribution in [2.24, 2.45) is 5.41 Å². The molecule has 1 fully saturated rings. The molecule has 0 atom stereocenters. The number of hydrogen-bond acceptors (Lipinski definition) is 3. The van der Waals surface area contributed by atoms with Gasteiger partial charge in [-0.25, -0.2) is 0 Å². The Hall–Kier alpha value is -0.100. The number of benzene rings is 1. The fourth-order valence-electron chi connectivity index (χ4n) is 2.45. The van der Waals surface area contributed by atoms with Crippen molar-refractivity contribution in [2.75, 3.05) is 27.4 Å². The second-order valence-electron chi connectivity index (χ2n) is 5.43. The van der Waals surface area contributed by atoms with Gasteiger partial charge in [-0.2, -0.15) is 0 Å². The van der Waals surface area contributed by atoms with Crippen molar-refractivity contribution < 1.29 is 9.47 Å². The summed E-state index contributed by atoms with van der Waals surface area (Å²) in [6.07, 6.45) is 3.77. The first-order valence-electron chi connectivity index (χ1n) is 6.82. The van der Waals surface area contributed by atoms with Gasteiger partial charge in [-0.05, 0) is 52.7 Å². The van der Waals surface area contributed by atoms with Crippen LogP contribution in [-0.2, 0) is 11.3 Å². The van der Waals surface area contributed by atoms with Crippen LogP contribution in [0, 0.1) is 5.41 Å². The van der Waals surface area contributed by atoms with E-state index in [-0.39, 0.29) is 0 Å². The lowest BCUT2D eigenvalue weighted by molar-refractivity contribution is 0.171. The first-order chi connectivity index (χ1) is 9.60. The van der Waals surface area contributed by atoms with Crippen LogP contribution in [0.2, 0.25) is 0 Å². The summed E-state index contributed by atoms with van der Waals surface area (Å²) in [6.45, 7) is 2.72. The minimum Gasteiger partial charge on any atom is -0.495 e. The van der Waals surface area contributed by atoms with Crippen LogP contribution >= 0.6 is 31.9 Å². The van der Waals surface area contributed by atoms with Crippen molar-refractivity contribution in [3.05, 3.63) is 26.6 Å². The van der Waals surface area contributed by atoms with Gasteiger partial charge in [-0.1, -0.05) is 15.9 Å². The Kier molecular flexibility index (Phi) is 5.90. The average Bonchev–Trinajstić information content (AvgIpc) is 3.16. The maximum absolute atomic E-state index is 5.47. The van der Waals surface area contributed by atoms with E-state index in [9.17, 15) is 0 Å². The second kappa shape index (κ2) is 7.25. The molecule has 5 heteroatoms. The molecule has 1 N–H and O–H groups in total. The van der Waals surface area contributed by atoms with Crippen molar-refractivity contribution in [3.63, 3.8) is 0 Å². The monoisotopic (exact) mass is 405 g/mol. The Balaban J connectivity index is 1.91. The summed E-state index contributed by atoms with van der Waals surface area (Å²) in [5.41, 5.74) is 1.63. The van der Waals surface area contributed by atoms with E-state index in [1.165, 1.54) is 12.8 Å². The van der Waals surface area contributed by atoms with Gasteiger partial charge in [-0.15, -0.1) is 0 Å². The Bertz CT molecular complexity index is 461. The van der Waals surface area contributed by atoms with E-state index in [0.717, 1.165) is 46.4 Å². The van der Waals surface area contributed by atoms with Gasteiger partial charge in [0.25, 0.3) is 0 Å². The molecule has 1 aliphatic rings. The molecule has 1 aromatic carbocycles. The predicted molar refractivity (Wildman–Crippen MR) is 88.3 cm³/mol. The van der Waals surface area contributed by atoms with Crippen LogP contribution in [0.3, 0.4) is 0 Å². The third-order valence-corrected chi connectivity index (χ3v) is 4.95. The lowest BCUT2D eigenvalue weighted by Gasteiger charge is -2.17. The van der Waals surface area contributed by atoms with E-state index in [0.29, 0.717) is 5.41 Å². The van der Waals surface area contributed by atoms with Gasteiger partial charge in [0.1, 0.15) is 5.75 Å². The predicted octanol–water partition coefficient (Wildman–Crippen LogP) is 4.13. The second-order valence-corrected chi connectivity index (χ2v) is 7.20. The fourth-order valence-corrected chi connectivity index (χ4v) is 3.92. The Labute approximate surface area is 137 Å². The third-order valence-electron chi connectivity index (χ3n) is 3.90. The molecule has 1 aliphatic carbocycles. The summed E-state index contributed by atoms with van der Waals surface area (Å²) in [7, 11) is 3.48. The first-order valence-corrected chi connectivity index (χ1v) is 8.40. The molecule has 0 bridgehead atoms. The number of ether oxygens (including phenoxy) is 2. The Morgan fingerprint density at radius 1 is 1.25 bits per heavy atom. The molecule has 20 heavy (non-hydrogen) atoms. The minimum absolute atomic E-state index is 0.465. The van der Waals surface area contributed by atoms with Crippen molar-refractivity contribution in [3.8, 4) is 5.75 Å². The highest BCUT2D eigenvalue weighted by molar-refractivity contribution is 9.11. The van der Waals surface area contributed by atoms with Crippen LogP contribution in [0.25, 0.3) is 0 Å². The molecule has 0 aliphatic heterocycles. The smallest absolute Gasteiger partial charge is 0.137 e. The summed E-state index contributed by atoms with van der Waals surface area (Å²) in [4.78, 5) is 0. The fraction of sp³-hybridized carbons (Fsp3) is 0.600. The molecule has 112 valence electrons. The standard InChI is InChI=1S/C15H21Br2NO2/c1-19-6-5-15(3-4-15)10-18-9-11-7-12(16)8-13(17)14(11)20-2/h7-8,18H,3-6,9-10H2,1-2H3. The number of hydrogen-bond donors (Lipinski definition) is 1. The summed E-state index contributed by atoms with van der Waals surface area (Å²) in [6, 6.07) is 4.11. The van der Waals surface area contributed by atoms with Crippen molar-refractivity contribution in [1.82, 2.24) is 5.32 Å². The van der Waals surface area contributed by atoms with Crippen molar-refractivity contribution >= 4 is 31.9 Å². The van der Waals surface area contributed by atoms with Gasteiger partial charge >= 0.3 is 0 Å². The Morgan fingerprint density at radius 3 is 2.60 bits per heavy atom. The molecule has 0 saturated heterocycles. The van der Waals surface area contributed by atoms with Gasteiger partial charge in [0.15, 0.2) is 0 Å². The van der Waals surface area contributed by atoms with Gasteiger partial charge in [0.2, 0.25) is 0 Å². The SMILES string of the molecule is COCCC1(CNCc2cc(Br)cc(Br)c2OC)CC1. The van der Waals surface area contributed by atoms with Crippen molar-refractivity contribution in [1.29, 1.82) is 0 Å². The van der Waals surface area contributed by atoms with E-state index in [1.807, 2.05) is 6.07 Å². The Morgan fingerprint density at radius 2 is 2.00 bits per heavy atom. The highest BCUT2D eigenvalue weighted by Crippen LogP contribution is 2.48. The average molecular weight is 407 g/mol. The van der Waals surface area contributed by atoms with E-state index in [1.54, 1.807) is 14.2 Å². The van der Waals surface area contributed by atoms with Gasteiger partial charge in [-0.3, -0.25) is 0 Å². The van der Waals surface area contributed by atoms with Crippen LogP contribution in [-0.4, -0.2) is 27.4 Å². The molecule has 3 nitrogen and oxygen atoms in total. The third kappa shape index (κ3) is 4.20. The number of nitrogens with one attached hydrogen (secondary N) is 1. The van der Waals surface area contributed by atoms with Crippen LogP contribution in [0.5, 0.6) is 5.75 Å². The number of methoxy groups -OCH3 is 2. The van der Waals surface area contributed by atoms with Gasteiger partial charge in [0, 0.05) is 36.8 Å². The zero-order valence-corrected chi connectivity index (χ0v) is 15.1. The summed E-state index contributed by atoms with van der Waals surface area (Å²) < 4.78 is 12.7. The van der Waals surface area contributed by atoms with Crippen molar-refractivity contribution in [2.45, 2.75) is 25.8 Å². The zero-order valence-electron chi connectivity index (χ0n) is 12.0. The molecule has 0 amide bonds. The number of rotatable bonds is 8. The van der Waals surface area contributed by atoms with Crippen LogP contribution in [0.15, 0.2) is 21.1 Å². The molecule has 0 heterocycles. The highest BCUT2D eigenvalue weighted by atomic mass is 79.9. The summed E-state index contributed by atoms with van der Waals surface area (Å²) >= 11 is 7.06. The molecule has 2 rings (SSSR count). The van der Waals surface area contributed by atoms with Crippen LogP contribution < -0.4 is 10.1 Å². The highest BCUT2D eigenvalue weighted by Gasteiger charge is 2.41. The normalized spacial score (nSPS) is 16.2. The van der Waals surface area contributed by atoms with E-state index in [2.05, 4.69) is 43.2 Å². The van der Waals surface area contributed by atoms with E-state index < -0.39 is 0 Å². The maximum atomic E-state index is 5.47. The van der Waals surface area contributed by atoms with Gasteiger partial charge < -0.3 is 14.8 Å². The molecule has 0 radical (unpaired) electrons. The van der Waals surface area contributed by atoms with E-state index in [4.69, 9.17) is 9.47 Å². The molecular weight excluding hydrogens is 386 g/mol. The maximum Gasteiger partial charge on any atom is 0.137 e. The lowest BCUT2D eigenvalue weighted by atomic mass is 10.0.